The first-order valence-corrected chi connectivity index (χ1v) is 6.44. The van der Waals surface area contributed by atoms with Crippen molar-refractivity contribution in [2.45, 2.75) is 45.6 Å². The molecule has 1 saturated heterocycles. The van der Waals surface area contributed by atoms with E-state index in [-0.39, 0.29) is 6.09 Å². The molecule has 0 radical (unpaired) electrons. The monoisotopic (exact) mass is 254 g/mol. The Kier molecular flexibility index (Phi) is 5.35. The van der Waals surface area contributed by atoms with E-state index in [2.05, 4.69) is 4.99 Å². The van der Waals surface area contributed by atoms with Gasteiger partial charge in [0.15, 0.2) is 0 Å². The van der Waals surface area contributed by atoms with Crippen LogP contribution >= 0.6 is 0 Å². The van der Waals surface area contributed by atoms with E-state index in [0.717, 1.165) is 25.8 Å². The van der Waals surface area contributed by atoms with Crippen molar-refractivity contribution >= 4 is 12.2 Å². The summed E-state index contributed by atoms with van der Waals surface area (Å²) in [4.78, 5) is 27.2. The molecule has 1 aliphatic heterocycles. The van der Waals surface area contributed by atoms with Gasteiger partial charge in [0.1, 0.15) is 5.60 Å². The number of hydrogen-bond acceptors (Lipinski definition) is 4. The van der Waals surface area contributed by atoms with Crippen LogP contribution in [0.5, 0.6) is 0 Å². The molecule has 5 nitrogen and oxygen atoms in total. The van der Waals surface area contributed by atoms with E-state index in [1.54, 1.807) is 11.0 Å². The number of aliphatic imine (C=N–C) groups is 1. The first kappa shape index (κ1) is 14.7. The van der Waals surface area contributed by atoms with Crippen molar-refractivity contribution in [3.63, 3.8) is 0 Å². The summed E-state index contributed by atoms with van der Waals surface area (Å²) in [5.41, 5.74) is -0.453. The Labute approximate surface area is 108 Å². The standard InChI is InChI=1S/C13H22N2O3/c1-13(2,3)18-12(17)15-8-4-5-11(9-15)6-7-14-10-16/h11H,4-9H2,1-3H3. The molecule has 5 heteroatoms. The third-order valence-corrected chi connectivity index (χ3v) is 2.88. The molecule has 1 atom stereocenters. The molecular weight excluding hydrogens is 232 g/mol. The van der Waals surface area contributed by atoms with Crippen LogP contribution in [0.2, 0.25) is 0 Å². The Hall–Kier alpha value is -1.35. The summed E-state index contributed by atoms with van der Waals surface area (Å²) in [5, 5.41) is 0. The fraction of sp³-hybridized carbons (Fsp3) is 0.846. The number of ether oxygens (including phenoxy) is 1. The minimum atomic E-state index is -0.453. The molecule has 1 fully saturated rings. The van der Waals surface area contributed by atoms with Gasteiger partial charge in [0.25, 0.3) is 0 Å². The molecule has 1 amide bonds. The molecule has 0 spiro atoms. The van der Waals surface area contributed by atoms with E-state index in [9.17, 15) is 9.59 Å². The normalized spacial score (nSPS) is 20.2. The van der Waals surface area contributed by atoms with Gasteiger partial charge in [0.2, 0.25) is 6.08 Å². The zero-order valence-electron chi connectivity index (χ0n) is 11.4. The second-order valence-electron chi connectivity index (χ2n) is 5.70. The van der Waals surface area contributed by atoms with Crippen molar-refractivity contribution in [3.8, 4) is 0 Å². The van der Waals surface area contributed by atoms with Gasteiger partial charge in [0, 0.05) is 13.1 Å². The molecule has 1 unspecified atom stereocenters. The Morgan fingerprint density at radius 1 is 1.50 bits per heavy atom. The number of carbonyl (C=O) groups excluding carboxylic acids is 2. The van der Waals surface area contributed by atoms with Crippen molar-refractivity contribution in [1.82, 2.24) is 4.90 Å². The highest BCUT2D eigenvalue weighted by Gasteiger charge is 2.27. The van der Waals surface area contributed by atoms with E-state index >= 15 is 0 Å². The molecule has 1 rings (SSSR count). The number of isocyanates is 1. The smallest absolute Gasteiger partial charge is 0.410 e. The van der Waals surface area contributed by atoms with Gasteiger partial charge in [0.05, 0.1) is 6.54 Å². The van der Waals surface area contributed by atoms with E-state index in [0.29, 0.717) is 19.0 Å². The summed E-state index contributed by atoms with van der Waals surface area (Å²) in [5.74, 6) is 0.406. The predicted octanol–water partition coefficient (Wildman–Crippen LogP) is 2.36. The zero-order valence-corrected chi connectivity index (χ0v) is 11.4. The van der Waals surface area contributed by atoms with Gasteiger partial charge in [-0.15, -0.1) is 0 Å². The van der Waals surface area contributed by atoms with Gasteiger partial charge < -0.3 is 9.64 Å². The maximum Gasteiger partial charge on any atom is 0.410 e. The van der Waals surface area contributed by atoms with E-state index in [4.69, 9.17) is 4.74 Å². The lowest BCUT2D eigenvalue weighted by Gasteiger charge is -2.33. The minimum absolute atomic E-state index is 0.244. The Bertz CT molecular complexity index is 330. The minimum Gasteiger partial charge on any atom is -0.444 e. The molecule has 0 aliphatic carbocycles. The summed E-state index contributed by atoms with van der Waals surface area (Å²) in [6.45, 7) is 7.54. The molecule has 102 valence electrons. The van der Waals surface area contributed by atoms with Crippen molar-refractivity contribution in [2.75, 3.05) is 19.6 Å². The zero-order chi connectivity index (χ0) is 13.6. The highest BCUT2D eigenvalue weighted by Crippen LogP contribution is 2.21. The molecule has 1 heterocycles. The van der Waals surface area contributed by atoms with E-state index in [1.807, 2.05) is 20.8 Å². The van der Waals surface area contributed by atoms with Gasteiger partial charge in [-0.25, -0.2) is 14.6 Å². The lowest BCUT2D eigenvalue weighted by Crippen LogP contribution is -2.43. The quantitative estimate of drug-likeness (QED) is 0.574. The second kappa shape index (κ2) is 6.55. The molecular formula is C13H22N2O3. The van der Waals surface area contributed by atoms with Crippen LogP contribution in [0.25, 0.3) is 0 Å². The predicted molar refractivity (Wildman–Crippen MR) is 68.1 cm³/mol. The van der Waals surface area contributed by atoms with Gasteiger partial charge in [-0.3, -0.25) is 0 Å². The summed E-state index contributed by atoms with van der Waals surface area (Å²) in [6.07, 6.45) is 4.18. The Morgan fingerprint density at radius 3 is 2.83 bits per heavy atom. The summed E-state index contributed by atoms with van der Waals surface area (Å²) >= 11 is 0. The molecule has 0 N–H and O–H groups in total. The number of hydrogen-bond donors (Lipinski definition) is 0. The van der Waals surface area contributed by atoms with Gasteiger partial charge in [-0.1, -0.05) is 0 Å². The van der Waals surface area contributed by atoms with E-state index in [1.165, 1.54) is 0 Å². The van der Waals surface area contributed by atoms with Crippen molar-refractivity contribution < 1.29 is 14.3 Å². The highest BCUT2D eigenvalue weighted by atomic mass is 16.6. The van der Waals surface area contributed by atoms with E-state index < -0.39 is 5.60 Å². The number of nitrogens with zero attached hydrogens (tertiary/aromatic N) is 2. The number of likely N-dealkylation sites (tertiary alicyclic amines) is 1. The fourth-order valence-corrected chi connectivity index (χ4v) is 2.09. The topological polar surface area (TPSA) is 59.0 Å². The molecule has 1 aliphatic rings. The van der Waals surface area contributed by atoms with Crippen LogP contribution in [0.1, 0.15) is 40.0 Å². The van der Waals surface area contributed by atoms with Crippen LogP contribution in [0, 0.1) is 5.92 Å². The van der Waals surface area contributed by atoms with Crippen molar-refractivity contribution in [3.05, 3.63) is 0 Å². The Morgan fingerprint density at radius 2 is 2.22 bits per heavy atom. The number of piperidine rings is 1. The fourth-order valence-electron chi connectivity index (χ4n) is 2.09. The number of carbonyl (C=O) groups is 1. The maximum atomic E-state index is 11.9. The lowest BCUT2D eigenvalue weighted by atomic mass is 9.95. The average molecular weight is 254 g/mol. The van der Waals surface area contributed by atoms with Crippen LogP contribution in [0.4, 0.5) is 4.79 Å². The second-order valence-corrected chi connectivity index (χ2v) is 5.70. The van der Waals surface area contributed by atoms with Crippen LogP contribution in [-0.2, 0) is 9.53 Å². The summed E-state index contributed by atoms with van der Waals surface area (Å²) in [6, 6.07) is 0. The van der Waals surface area contributed by atoms with Crippen LogP contribution in [0.15, 0.2) is 4.99 Å². The van der Waals surface area contributed by atoms with Gasteiger partial charge >= 0.3 is 6.09 Å². The first-order valence-electron chi connectivity index (χ1n) is 6.44. The SMILES string of the molecule is CC(C)(C)OC(=O)N1CCCC(CCN=C=O)C1. The third-order valence-electron chi connectivity index (χ3n) is 2.88. The third kappa shape index (κ3) is 5.32. The molecule has 18 heavy (non-hydrogen) atoms. The van der Waals surface area contributed by atoms with Crippen molar-refractivity contribution in [2.24, 2.45) is 10.9 Å². The molecule has 0 bridgehead atoms. The van der Waals surface area contributed by atoms with Crippen LogP contribution in [-0.4, -0.2) is 42.3 Å². The van der Waals surface area contributed by atoms with Crippen LogP contribution in [0.3, 0.4) is 0 Å². The van der Waals surface area contributed by atoms with Crippen LogP contribution < -0.4 is 0 Å². The van der Waals surface area contributed by atoms with Crippen molar-refractivity contribution in [1.29, 1.82) is 0 Å². The maximum absolute atomic E-state index is 11.9. The van der Waals surface area contributed by atoms with Gasteiger partial charge in [-0.05, 0) is 46.0 Å². The average Bonchev–Trinajstić information content (AvgIpc) is 2.27. The summed E-state index contributed by atoms with van der Waals surface area (Å²) < 4.78 is 5.35. The van der Waals surface area contributed by atoms with Gasteiger partial charge in [-0.2, -0.15) is 0 Å². The summed E-state index contributed by atoms with van der Waals surface area (Å²) in [7, 11) is 0. The Balaban J connectivity index is 2.42. The molecule has 0 aromatic carbocycles. The lowest BCUT2D eigenvalue weighted by molar-refractivity contribution is 0.0163. The number of rotatable bonds is 3. The molecule has 0 aromatic rings. The highest BCUT2D eigenvalue weighted by molar-refractivity contribution is 5.68. The molecule has 0 saturated carbocycles. The number of amides is 1. The molecule has 0 aromatic heterocycles. The first-order chi connectivity index (χ1) is 8.42. The largest absolute Gasteiger partial charge is 0.444 e.